The van der Waals surface area contributed by atoms with E-state index in [9.17, 15) is 0 Å². The van der Waals surface area contributed by atoms with Gasteiger partial charge >= 0.3 is 0 Å². The van der Waals surface area contributed by atoms with Crippen molar-refractivity contribution in [3.63, 3.8) is 0 Å². The summed E-state index contributed by atoms with van der Waals surface area (Å²) in [5.41, 5.74) is 1.10. The molecule has 1 aromatic heterocycles. The summed E-state index contributed by atoms with van der Waals surface area (Å²) in [6, 6.07) is 10.1. The van der Waals surface area contributed by atoms with Crippen molar-refractivity contribution >= 4 is 5.69 Å². The van der Waals surface area contributed by atoms with E-state index < -0.39 is 0 Å². The van der Waals surface area contributed by atoms with Gasteiger partial charge in [0.05, 0.1) is 6.61 Å². The van der Waals surface area contributed by atoms with Gasteiger partial charge in [-0.15, -0.1) is 0 Å². The second-order valence-electron chi connectivity index (χ2n) is 4.09. The molecule has 2 rings (SSSR count). The number of anilines is 1. The number of hydrogen-bond donors (Lipinski definition) is 1. The van der Waals surface area contributed by atoms with Crippen molar-refractivity contribution < 1.29 is 9.26 Å². The molecule has 5 nitrogen and oxygen atoms in total. The van der Waals surface area contributed by atoms with Crippen molar-refractivity contribution in [2.45, 2.75) is 19.8 Å². The topological polar surface area (TPSA) is 60.2 Å². The fourth-order valence-electron chi connectivity index (χ4n) is 1.67. The highest BCUT2D eigenvalue weighted by Crippen LogP contribution is 2.05. The minimum absolute atomic E-state index is 0.637. The Bertz CT molecular complexity index is 471. The molecule has 2 aromatic rings. The second-order valence-corrected chi connectivity index (χ2v) is 4.09. The lowest BCUT2D eigenvalue weighted by molar-refractivity contribution is 0.149. The highest BCUT2D eigenvalue weighted by atomic mass is 16.5. The third-order valence-corrected chi connectivity index (χ3v) is 2.63. The molecule has 5 heteroatoms. The maximum atomic E-state index is 5.25. The Kier molecular flexibility index (Phi) is 5.37. The highest BCUT2D eigenvalue weighted by Gasteiger charge is 2.05. The Morgan fingerprint density at radius 3 is 2.84 bits per heavy atom. The Morgan fingerprint density at radius 2 is 2.05 bits per heavy atom. The standard InChI is InChI=1S/C14H19N3O2/c1-2-18-11-9-13-16-14(19-17-13)8-10-15-12-6-4-3-5-7-12/h3-7,15H,2,8-11H2,1H3. The lowest BCUT2D eigenvalue weighted by Crippen LogP contribution is -2.05. The molecule has 102 valence electrons. The number of rotatable bonds is 8. The van der Waals surface area contributed by atoms with Crippen LogP contribution in [0, 0.1) is 0 Å². The number of aromatic nitrogens is 2. The molecule has 0 unspecified atom stereocenters. The van der Waals surface area contributed by atoms with E-state index in [1.165, 1.54) is 0 Å². The summed E-state index contributed by atoms with van der Waals surface area (Å²) in [7, 11) is 0. The summed E-state index contributed by atoms with van der Waals surface area (Å²) < 4.78 is 10.4. The average molecular weight is 261 g/mol. The van der Waals surface area contributed by atoms with E-state index >= 15 is 0 Å². The smallest absolute Gasteiger partial charge is 0.228 e. The van der Waals surface area contributed by atoms with Crippen LogP contribution in [0.1, 0.15) is 18.6 Å². The largest absolute Gasteiger partial charge is 0.385 e. The van der Waals surface area contributed by atoms with Crippen molar-refractivity contribution in [1.29, 1.82) is 0 Å². The van der Waals surface area contributed by atoms with E-state index in [-0.39, 0.29) is 0 Å². The molecule has 0 bridgehead atoms. The van der Waals surface area contributed by atoms with Crippen molar-refractivity contribution in [2.24, 2.45) is 0 Å². The molecule has 0 fully saturated rings. The molecule has 1 aromatic carbocycles. The van der Waals surface area contributed by atoms with Gasteiger partial charge < -0.3 is 14.6 Å². The number of nitrogens with zero attached hydrogens (tertiary/aromatic N) is 2. The Hall–Kier alpha value is -1.88. The molecule has 1 heterocycles. The van der Waals surface area contributed by atoms with Gasteiger partial charge in [-0.3, -0.25) is 0 Å². The van der Waals surface area contributed by atoms with E-state index in [0.717, 1.165) is 18.7 Å². The molecule has 1 N–H and O–H groups in total. The van der Waals surface area contributed by atoms with Crippen molar-refractivity contribution in [2.75, 3.05) is 25.1 Å². The number of hydrogen-bond acceptors (Lipinski definition) is 5. The average Bonchev–Trinajstić information content (AvgIpc) is 2.88. The lowest BCUT2D eigenvalue weighted by Gasteiger charge is -2.02. The predicted octanol–water partition coefficient (Wildman–Crippen LogP) is 2.30. The summed E-state index contributed by atoms with van der Waals surface area (Å²) in [6.07, 6.45) is 1.42. The molecule has 0 amide bonds. The van der Waals surface area contributed by atoms with E-state index in [2.05, 4.69) is 15.5 Å². The van der Waals surface area contributed by atoms with Crippen LogP contribution >= 0.6 is 0 Å². The molecule has 0 saturated carbocycles. The van der Waals surface area contributed by atoms with Crippen LogP contribution in [0.15, 0.2) is 34.9 Å². The summed E-state index contributed by atoms with van der Waals surface area (Å²) in [5, 5.41) is 7.22. The summed E-state index contributed by atoms with van der Waals surface area (Å²) >= 11 is 0. The van der Waals surface area contributed by atoms with E-state index in [4.69, 9.17) is 9.26 Å². The number of ether oxygens (including phenoxy) is 1. The van der Waals surface area contributed by atoms with Crippen LogP contribution in [-0.4, -0.2) is 29.9 Å². The molecule has 0 aliphatic carbocycles. The molecular formula is C14H19N3O2. The van der Waals surface area contributed by atoms with Gasteiger partial charge in [0, 0.05) is 31.7 Å². The van der Waals surface area contributed by atoms with E-state index in [1.807, 2.05) is 37.3 Å². The minimum atomic E-state index is 0.637. The van der Waals surface area contributed by atoms with Crippen LogP contribution in [-0.2, 0) is 17.6 Å². The van der Waals surface area contributed by atoms with Crippen LogP contribution in [0.4, 0.5) is 5.69 Å². The molecular weight excluding hydrogens is 242 g/mol. The molecule has 0 saturated heterocycles. The molecule has 0 atom stereocenters. The SMILES string of the molecule is CCOCCc1noc(CCNc2ccccc2)n1. The number of nitrogens with one attached hydrogen (secondary N) is 1. The third kappa shape index (κ3) is 4.71. The van der Waals surface area contributed by atoms with E-state index in [0.29, 0.717) is 31.3 Å². The fourth-order valence-corrected chi connectivity index (χ4v) is 1.67. The van der Waals surface area contributed by atoms with Gasteiger partial charge in [0.15, 0.2) is 5.82 Å². The maximum Gasteiger partial charge on any atom is 0.228 e. The summed E-state index contributed by atoms with van der Waals surface area (Å²) in [4.78, 5) is 4.32. The maximum absolute atomic E-state index is 5.25. The van der Waals surface area contributed by atoms with Crippen molar-refractivity contribution in [3.05, 3.63) is 42.0 Å². The normalized spacial score (nSPS) is 10.6. The van der Waals surface area contributed by atoms with E-state index in [1.54, 1.807) is 0 Å². The van der Waals surface area contributed by atoms with Gasteiger partial charge in [-0.1, -0.05) is 23.4 Å². The molecule has 0 spiro atoms. The van der Waals surface area contributed by atoms with Crippen LogP contribution in [0.25, 0.3) is 0 Å². The van der Waals surface area contributed by atoms with Gasteiger partial charge in [0.1, 0.15) is 0 Å². The molecule has 0 radical (unpaired) electrons. The fraction of sp³-hybridized carbons (Fsp3) is 0.429. The minimum Gasteiger partial charge on any atom is -0.385 e. The van der Waals surface area contributed by atoms with Gasteiger partial charge in [0.25, 0.3) is 0 Å². The molecule has 0 aliphatic rings. The first-order valence-electron chi connectivity index (χ1n) is 6.56. The zero-order chi connectivity index (χ0) is 13.3. The van der Waals surface area contributed by atoms with Crippen molar-refractivity contribution in [3.8, 4) is 0 Å². The van der Waals surface area contributed by atoms with Gasteiger partial charge in [0.2, 0.25) is 5.89 Å². The predicted molar refractivity (Wildman–Crippen MR) is 73.1 cm³/mol. The third-order valence-electron chi connectivity index (χ3n) is 2.63. The Balaban J connectivity index is 1.71. The number of benzene rings is 1. The first-order chi connectivity index (χ1) is 9.38. The first-order valence-corrected chi connectivity index (χ1v) is 6.56. The van der Waals surface area contributed by atoms with Gasteiger partial charge in [-0.05, 0) is 19.1 Å². The zero-order valence-electron chi connectivity index (χ0n) is 11.1. The summed E-state index contributed by atoms with van der Waals surface area (Å²) in [5.74, 6) is 1.37. The quantitative estimate of drug-likeness (QED) is 0.739. The Morgan fingerprint density at radius 1 is 1.21 bits per heavy atom. The van der Waals surface area contributed by atoms with Crippen LogP contribution in [0.3, 0.4) is 0 Å². The number of para-hydroxylation sites is 1. The Labute approximate surface area is 113 Å². The lowest BCUT2D eigenvalue weighted by atomic mass is 10.3. The molecule has 19 heavy (non-hydrogen) atoms. The van der Waals surface area contributed by atoms with Crippen LogP contribution in [0.5, 0.6) is 0 Å². The first kappa shape index (κ1) is 13.5. The molecule has 0 aliphatic heterocycles. The summed E-state index contributed by atoms with van der Waals surface area (Å²) in [6.45, 7) is 4.09. The van der Waals surface area contributed by atoms with Gasteiger partial charge in [-0.2, -0.15) is 4.98 Å². The van der Waals surface area contributed by atoms with Crippen molar-refractivity contribution in [1.82, 2.24) is 10.1 Å². The monoisotopic (exact) mass is 261 g/mol. The second kappa shape index (κ2) is 7.53. The van der Waals surface area contributed by atoms with Crippen LogP contribution < -0.4 is 5.32 Å². The van der Waals surface area contributed by atoms with Crippen LogP contribution in [0.2, 0.25) is 0 Å². The zero-order valence-corrected chi connectivity index (χ0v) is 11.1. The highest BCUT2D eigenvalue weighted by molar-refractivity contribution is 5.42. The van der Waals surface area contributed by atoms with Gasteiger partial charge in [-0.25, -0.2) is 0 Å².